The molecule has 0 aliphatic carbocycles. The molecular formula is C13H18F2N2O. The predicted molar refractivity (Wildman–Crippen MR) is 66.0 cm³/mol. The van der Waals surface area contributed by atoms with Gasteiger partial charge in [0.15, 0.2) is 5.82 Å². The van der Waals surface area contributed by atoms with Crippen LogP contribution in [0.15, 0.2) is 17.1 Å². The zero-order chi connectivity index (χ0) is 13.1. The molecule has 1 aliphatic rings. The van der Waals surface area contributed by atoms with E-state index in [1.165, 1.54) is 10.6 Å². The summed E-state index contributed by atoms with van der Waals surface area (Å²) in [5.41, 5.74) is 0.211. The number of likely N-dealkylation sites (tertiary alicyclic amines) is 1. The number of aromatic nitrogens is 1. The Balaban J connectivity index is 2.01. The maximum atomic E-state index is 13.4. The van der Waals surface area contributed by atoms with Crippen LogP contribution in [0.1, 0.15) is 18.9 Å². The van der Waals surface area contributed by atoms with Crippen LogP contribution in [-0.2, 0) is 13.0 Å². The summed E-state index contributed by atoms with van der Waals surface area (Å²) in [4.78, 5) is 13.4. The molecule has 0 unspecified atom stereocenters. The summed E-state index contributed by atoms with van der Waals surface area (Å²) < 4.78 is 27.7. The number of hydrogen-bond acceptors (Lipinski definition) is 2. The number of halogens is 2. The van der Waals surface area contributed by atoms with Crippen LogP contribution in [0.4, 0.5) is 8.78 Å². The van der Waals surface area contributed by atoms with Crippen molar-refractivity contribution in [3.63, 3.8) is 0 Å². The number of rotatable bonds is 4. The summed E-state index contributed by atoms with van der Waals surface area (Å²) in [6.45, 7) is 4.20. The van der Waals surface area contributed by atoms with E-state index < -0.39 is 17.5 Å². The quantitative estimate of drug-likeness (QED) is 0.817. The van der Waals surface area contributed by atoms with Crippen molar-refractivity contribution < 1.29 is 8.78 Å². The van der Waals surface area contributed by atoms with Crippen molar-refractivity contribution in [2.45, 2.75) is 32.5 Å². The van der Waals surface area contributed by atoms with Crippen molar-refractivity contribution in [3.8, 4) is 0 Å². The Labute approximate surface area is 105 Å². The number of nitrogens with zero attached hydrogens (tertiary/aromatic N) is 2. The Morgan fingerprint density at radius 2 is 2.28 bits per heavy atom. The van der Waals surface area contributed by atoms with E-state index >= 15 is 0 Å². The molecule has 0 aromatic carbocycles. The van der Waals surface area contributed by atoms with Gasteiger partial charge in [0.05, 0.1) is 0 Å². The Morgan fingerprint density at radius 1 is 1.50 bits per heavy atom. The molecule has 1 fully saturated rings. The molecule has 0 bridgehead atoms. The van der Waals surface area contributed by atoms with Gasteiger partial charge in [0.2, 0.25) is 0 Å². The predicted octanol–water partition coefficient (Wildman–Crippen LogP) is 1.59. The molecule has 2 heterocycles. The zero-order valence-corrected chi connectivity index (χ0v) is 10.5. The molecule has 0 spiro atoms. The lowest BCUT2D eigenvalue weighted by Gasteiger charge is -2.14. The topological polar surface area (TPSA) is 25.2 Å². The number of alkyl halides is 1. The molecule has 0 saturated carbocycles. The molecule has 1 aromatic rings. The van der Waals surface area contributed by atoms with Crippen molar-refractivity contribution in [2.24, 2.45) is 0 Å². The molecule has 1 aromatic heterocycles. The van der Waals surface area contributed by atoms with Crippen LogP contribution in [-0.4, -0.2) is 35.3 Å². The fourth-order valence-corrected chi connectivity index (χ4v) is 2.31. The monoisotopic (exact) mass is 256 g/mol. The molecule has 2 rings (SSSR count). The molecule has 18 heavy (non-hydrogen) atoms. The summed E-state index contributed by atoms with van der Waals surface area (Å²) in [5, 5.41) is 0. The first-order valence-corrected chi connectivity index (χ1v) is 6.35. The Bertz CT molecular complexity index is 473. The maximum Gasteiger partial charge on any atom is 0.286 e. The van der Waals surface area contributed by atoms with Gasteiger partial charge in [-0.25, -0.2) is 8.78 Å². The minimum absolute atomic E-state index is 0.458. The van der Waals surface area contributed by atoms with Crippen LogP contribution < -0.4 is 5.56 Å². The van der Waals surface area contributed by atoms with Gasteiger partial charge in [-0.2, -0.15) is 0 Å². The average Bonchev–Trinajstić information content (AvgIpc) is 2.76. The molecule has 1 saturated heterocycles. The lowest BCUT2D eigenvalue weighted by Crippen LogP contribution is -2.26. The molecule has 1 aliphatic heterocycles. The van der Waals surface area contributed by atoms with E-state index in [0.29, 0.717) is 32.5 Å². The summed E-state index contributed by atoms with van der Waals surface area (Å²) in [5.74, 6) is -0.709. The van der Waals surface area contributed by atoms with Gasteiger partial charge < -0.3 is 9.47 Å². The molecule has 3 nitrogen and oxygen atoms in total. The van der Waals surface area contributed by atoms with Gasteiger partial charge in [0.1, 0.15) is 6.17 Å². The standard InChI is InChI=1S/C13H18F2N2O/c1-2-17-8-10(7-12(15)13(17)18)3-5-16-6-4-11(14)9-16/h7-8,11H,2-6,9H2,1H3/t11-/m1/s1. The van der Waals surface area contributed by atoms with Crippen LogP contribution in [0.3, 0.4) is 0 Å². The summed E-state index contributed by atoms with van der Waals surface area (Å²) in [6.07, 6.45) is 2.19. The molecule has 0 radical (unpaired) electrons. The molecule has 100 valence electrons. The normalized spacial score (nSPS) is 20.5. The van der Waals surface area contributed by atoms with E-state index in [1.54, 1.807) is 13.1 Å². The van der Waals surface area contributed by atoms with Crippen molar-refractivity contribution in [1.29, 1.82) is 0 Å². The average molecular weight is 256 g/mol. The summed E-state index contributed by atoms with van der Waals surface area (Å²) >= 11 is 0. The lowest BCUT2D eigenvalue weighted by atomic mass is 10.2. The second kappa shape index (κ2) is 5.61. The highest BCUT2D eigenvalue weighted by Crippen LogP contribution is 2.13. The molecular weight excluding hydrogens is 238 g/mol. The second-order valence-electron chi connectivity index (χ2n) is 4.72. The molecule has 0 N–H and O–H groups in total. The van der Waals surface area contributed by atoms with Crippen molar-refractivity contribution in [2.75, 3.05) is 19.6 Å². The van der Waals surface area contributed by atoms with E-state index in [4.69, 9.17) is 0 Å². The molecule has 5 heteroatoms. The van der Waals surface area contributed by atoms with Crippen molar-refractivity contribution in [3.05, 3.63) is 34.0 Å². The van der Waals surface area contributed by atoms with Crippen LogP contribution in [0.5, 0.6) is 0 Å². The number of hydrogen-bond donors (Lipinski definition) is 0. The first-order valence-electron chi connectivity index (χ1n) is 6.35. The highest BCUT2D eigenvalue weighted by molar-refractivity contribution is 5.12. The van der Waals surface area contributed by atoms with E-state index in [1.807, 2.05) is 4.90 Å². The number of pyridine rings is 1. The summed E-state index contributed by atoms with van der Waals surface area (Å²) in [7, 11) is 0. The highest BCUT2D eigenvalue weighted by Gasteiger charge is 2.21. The first kappa shape index (κ1) is 13.2. The third-order valence-electron chi connectivity index (χ3n) is 3.37. The minimum atomic E-state index is -0.730. The van der Waals surface area contributed by atoms with Gasteiger partial charge in [0, 0.05) is 32.4 Å². The Morgan fingerprint density at radius 3 is 2.89 bits per heavy atom. The van der Waals surface area contributed by atoms with Gasteiger partial charge in [-0.05, 0) is 31.4 Å². The van der Waals surface area contributed by atoms with Gasteiger partial charge in [0.25, 0.3) is 5.56 Å². The molecule has 0 amide bonds. The minimum Gasteiger partial charge on any atom is -0.313 e. The van der Waals surface area contributed by atoms with Crippen LogP contribution in [0.2, 0.25) is 0 Å². The van der Waals surface area contributed by atoms with Crippen molar-refractivity contribution >= 4 is 0 Å². The fraction of sp³-hybridized carbons (Fsp3) is 0.615. The maximum absolute atomic E-state index is 13.4. The fourth-order valence-electron chi connectivity index (χ4n) is 2.31. The van der Waals surface area contributed by atoms with Crippen LogP contribution in [0.25, 0.3) is 0 Å². The van der Waals surface area contributed by atoms with Gasteiger partial charge in [-0.15, -0.1) is 0 Å². The van der Waals surface area contributed by atoms with E-state index in [9.17, 15) is 13.6 Å². The van der Waals surface area contributed by atoms with Gasteiger partial charge >= 0.3 is 0 Å². The smallest absolute Gasteiger partial charge is 0.286 e. The first-order chi connectivity index (χ1) is 8.60. The summed E-state index contributed by atoms with van der Waals surface area (Å²) in [6, 6.07) is 1.29. The second-order valence-corrected chi connectivity index (χ2v) is 4.72. The Hall–Kier alpha value is -1.23. The third-order valence-corrected chi connectivity index (χ3v) is 3.37. The van der Waals surface area contributed by atoms with E-state index in [0.717, 1.165) is 12.1 Å². The van der Waals surface area contributed by atoms with E-state index in [2.05, 4.69) is 0 Å². The SMILES string of the molecule is CCn1cc(CCN2CC[C@@H](F)C2)cc(F)c1=O. The zero-order valence-electron chi connectivity index (χ0n) is 10.5. The van der Waals surface area contributed by atoms with Gasteiger partial charge in [-0.1, -0.05) is 0 Å². The van der Waals surface area contributed by atoms with Crippen molar-refractivity contribution in [1.82, 2.24) is 9.47 Å². The van der Waals surface area contributed by atoms with Gasteiger partial charge in [-0.3, -0.25) is 4.79 Å². The Kier molecular flexibility index (Phi) is 4.11. The lowest BCUT2D eigenvalue weighted by molar-refractivity contribution is 0.290. The van der Waals surface area contributed by atoms with Crippen LogP contribution >= 0.6 is 0 Å². The highest BCUT2D eigenvalue weighted by atomic mass is 19.1. The number of aryl methyl sites for hydroxylation is 1. The third kappa shape index (κ3) is 2.96. The largest absolute Gasteiger partial charge is 0.313 e. The van der Waals surface area contributed by atoms with E-state index in [-0.39, 0.29) is 0 Å². The van der Waals surface area contributed by atoms with Crippen LogP contribution in [0, 0.1) is 5.82 Å². The molecule has 1 atom stereocenters.